The van der Waals surface area contributed by atoms with Gasteiger partial charge in [0.1, 0.15) is 19.7 Å². The van der Waals surface area contributed by atoms with Crippen molar-refractivity contribution in [2.75, 3.05) is 37.7 Å². The molecule has 4 heteroatoms. The second kappa shape index (κ2) is 10.1. The first-order valence-electron chi connectivity index (χ1n) is 10.6. The van der Waals surface area contributed by atoms with Gasteiger partial charge in [-0.2, -0.15) is 4.65 Å². The lowest BCUT2D eigenvalue weighted by molar-refractivity contribution is -1.11. The van der Waals surface area contributed by atoms with Gasteiger partial charge in [0.15, 0.2) is 6.04 Å². The Morgan fingerprint density at radius 3 is 2.14 bits per heavy atom. The highest BCUT2D eigenvalue weighted by atomic mass is 16.6. The Bertz CT molecular complexity index is 684. The van der Waals surface area contributed by atoms with Gasteiger partial charge in [0, 0.05) is 31.7 Å². The molecule has 0 saturated carbocycles. The summed E-state index contributed by atoms with van der Waals surface area (Å²) in [5.41, 5.74) is 2.46. The Hall–Kier alpha value is -1.88. The van der Waals surface area contributed by atoms with Crippen molar-refractivity contribution in [2.45, 2.75) is 39.3 Å². The van der Waals surface area contributed by atoms with Crippen LogP contribution in [0.2, 0.25) is 0 Å². The van der Waals surface area contributed by atoms with Gasteiger partial charge in [-0.05, 0) is 23.6 Å². The lowest BCUT2D eigenvalue weighted by Gasteiger charge is -2.37. The third-order valence-corrected chi connectivity index (χ3v) is 5.55. The molecule has 2 aromatic rings. The van der Waals surface area contributed by atoms with Gasteiger partial charge in [0.25, 0.3) is 0 Å². The highest BCUT2D eigenvalue weighted by Crippen LogP contribution is 2.25. The zero-order chi connectivity index (χ0) is 19.8. The molecule has 1 N–H and O–H groups in total. The number of para-hydroxylation sites is 1. The maximum absolute atomic E-state index is 11.3. The molecule has 4 nitrogen and oxygen atoms in total. The van der Waals surface area contributed by atoms with Gasteiger partial charge in [0.2, 0.25) is 0 Å². The van der Waals surface area contributed by atoms with Crippen LogP contribution in [0.3, 0.4) is 0 Å². The molecule has 1 atom stereocenters. The van der Waals surface area contributed by atoms with Crippen LogP contribution in [0.5, 0.6) is 0 Å². The van der Waals surface area contributed by atoms with E-state index in [9.17, 15) is 5.21 Å². The number of hydroxylamine groups is 3. The average Bonchev–Trinajstić information content (AvgIpc) is 3.15. The maximum Gasteiger partial charge on any atom is 0.160 e. The van der Waals surface area contributed by atoms with E-state index in [-0.39, 0.29) is 10.7 Å². The molecule has 28 heavy (non-hydrogen) atoms. The second-order valence-electron chi connectivity index (χ2n) is 8.43. The third-order valence-electron chi connectivity index (χ3n) is 5.55. The van der Waals surface area contributed by atoms with Crippen molar-refractivity contribution in [2.24, 2.45) is 5.92 Å². The quantitative estimate of drug-likeness (QED) is 0.602. The minimum atomic E-state index is 0.0465. The Labute approximate surface area is 169 Å². The van der Waals surface area contributed by atoms with Crippen LogP contribution in [-0.2, 0) is 11.3 Å². The summed E-state index contributed by atoms with van der Waals surface area (Å²) in [4.78, 5) is 2.38. The Morgan fingerprint density at radius 2 is 1.54 bits per heavy atom. The molecule has 2 aromatic carbocycles. The zero-order valence-electron chi connectivity index (χ0n) is 17.3. The number of rotatable bonds is 10. The summed E-state index contributed by atoms with van der Waals surface area (Å²) in [6, 6.07) is 21.1. The number of hydrogen-bond donors (Lipinski definition) is 1. The van der Waals surface area contributed by atoms with Crippen molar-refractivity contribution in [1.82, 2.24) is 0 Å². The number of benzene rings is 2. The largest absolute Gasteiger partial charge is 0.375 e. The average molecular weight is 384 g/mol. The van der Waals surface area contributed by atoms with Crippen LogP contribution in [-0.4, -0.2) is 48.7 Å². The van der Waals surface area contributed by atoms with Crippen molar-refractivity contribution < 1.29 is 14.6 Å². The number of quaternary nitrogens is 1. The van der Waals surface area contributed by atoms with E-state index in [2.05, 4.69) is 73.3 Å². The standard InChI is InChI=1S/C24H35N2O2/c1-21(2)19-28-20-24(26(27)15-9-10-16-26)18-25(23-13-7-4-8-14-23)17-22-11-5-3-6-12-22/h3-8,11-14,21,24,27H,9-10,15-20H2,1-2H3/q+1. The number of anilines is 1. The summed E-state index contributed by atoms with van der Waals surface area (Å²) in [7, 11) is 0. The molecule has 0 radical (unpaired) electrons. The molecule has 0 amide bonds. The first-order chi connectivity index (χ1) is 13.6. The number of likely N-dealkylation sites (tertiary alicyclic amines) is 1. The molecule has 1 aliphatic heterocycles. The molecule has 1 unspecified atom stereocenters. The van der Waals surface area contributed by atoms with Crippen molar-refractivity contribution in [3.8, 4) is 0 Å². The number of ether oxygens (including phenoxy) is 1. The van der Waals surface area contributed by atoms with E-state index >= 15 is 0 Å². The molecule has 1 heterocycles. The predicted molar refractivity (Wildman–Crippen MR) is 114 cm³/mol. The Kier molecular flexibility index (Phi) is 7.49. The second-order valence-corrected chi connectivity index (χ2v) is 8.43. The molecule has 0 aliphatic carbocycles. The van der Waals surface area contributed by atoms with Crippen LogP contribution in [0.25, 0.3) is 0 Å². The van der Waals surface area contributed by atoms with Gasteiger partial charge in [0.05, 0.1) is 6.54 Å². The van der Waals surface area contributed by atoms with Gasteiger partial charge < -0.3 is 9.64 Å². The van der Waals surface area contributed by atoms with Crippen molar-refractivity contribution >= 4 is 5.69 Å². The summed E-state index contributed by atoms with van der Waals surface area (Å²) in [5.74, 6) is 0.501. The highest BCUT2D eigenvalue weighted by Gasteiger charge is 2.40. The molecule has 1 fully saturated rings. The van der Waals surface area contributed by atoms with Gasteiger partial charge in [-0.15, -0.1) is 0 Å². The molecule has 0 bridgehead atoms. The van der Waals surface area contributed by atoms with Crippen LogP contribution in [0.15, 0.2) is 60.7 Å². The van der Waals surface area contributed by atoms with Crippen LogP contribution in [0.1, 0.15) is 32.3 Å². The number of hydrogen-bond acceptors (Lipinski definition) is 3. The monoisotopic (exact) mass is 383 g/mol. The summed E-state index contributed by atoms with van der Waals surface area (Å²) in [6.45, 7) is 8.90. The van der Waals surface area contributed by atoms with Crippen LogP contribution in [0.4, 0.5) is 5.69 Å². The lowest BCUT2D eigenvalue weighted by atomic mass is 10.1. The molecule has 3 rings (SSSR count). The minimum absolute atomic E-state index is 0.0465. The molecule has 1 aliphatic rings. The smallest absolute Gasteiger partial charge is 0.160 e. The van der Waals surface area contributed by atoms with Crippen molar-refractivity contribution in [1.29, 1.82) is 0 Å². The molecule has 0 spiro atoms. The Balaban J connectivity index is 1.79. The van der Waals surface area contributed by atoms with Crippen LogP contribution < -0.4 is 4.90 Å². The summed E-state index contributed by atoms with van der Waals surface area (Å²) >= 11 is 0. The third kappa shape index (κ3) is 5.81. The fourth-order valence-corrected chi connectivity index (χ4v) is 3.99. The van der Waals surface area contributed by atoms with E-state index in [0.29, 0.717) is 12.5 Å². The van der Waals surface area contributed by atoms with Gasteiger partial charge >= 0.3 is 0 Å². The Morgan fingerprint density at radius 1 is 0.929 bits per heavy atom. The first kappa shape index (κ1) is 20.8. The maximum atomic E-state index is 11.3. The van der Waals surface area contributed by atoms with E-state index in [4.69, 9.17) is 4.74 Å². The zero-order valence-corrected chi connectivity index (χ0v) is 17.3. The minimum Gasteiger partial charge on any atom is -0.375 e. The molecule has 0 aromatic heterocycles. The van der Waals surface area contributed by atoms with E-state index < -0.39 is 0 Å². The van der Waals surface area contributed by atoms with Crippen molar-refractivity contribution in [3.63, 3.8) is 0 Å². The van der Waals surface area contributed by atoms with Gasteiger partial charge in [-0.25, -0.2) is 5.21 Å². The first-order valence-corrected chi connectivity index (χ1v) is 10.6. The molecule has 152 valence electrons. The summed E-state index contributed by atoms with van der Waals surface area (Å²) in [6.07, 6.45) is 2.17. The van der Waals surface area contributed by atoms with E-state index in [1.54, 1.807) is 0 Å². The fraction of sp³-hybridized carbons (Fsp3) is 0.500. The van der Waals surface area contributed by atoms with Crippen LogP contribution >= 0.6 is 0 Å². The molecule has 1 saturated heterocycles. The summed E-state index contributed by atoms with van der Waals surface area (Å²) < 4.78 is 6.15. The van der Waals surface area contributed by atoms with E-state index in [1.807, 2.05) is 6.07 Å². The SMILES string of the molecule is CC(C)COCC(CN(Cc1ccccc1)c1ccccc1)[N+]1(O)CCCC1. The van der Waals surface area contributed by atoms with Crippen molar-refractivity contribution in [3.05, 3.63) is 66.2 Å². The van der Waals surface area contributed by atoms with Crippen LogP contribution in [0, 0.1) is 5.92 Å². The molecular weight excluding hydrogens is 348 g/mol. The lowest BCUT2D eigenvalue weighted by Crippen LogP contribution is -2.57. The van der Waals surface area contributed by atoms with Gasteiger partial charge in [-0.1, -0.05) is 62.4 Å². The highest BCUT2D eigenvalue weighted by molar-refractivity contribution is 5.46. The molecular formula is C24H35N2O2+. The predicted octanol–water partition coefficient (Wildman–Crippen LogP) is 4.73. The fourth-order valence-electron chi connectivity index (χ4n) is 3.99. The number of nitrogens with zero attached hydrogens (tertiary/aromatic N) is 2. The van der Waals surface area contributed by atoms with E-state index in [0.717, 1.165) is 45.6 Å². The topological polar surface area (TPSA) is 32.7 Å². The van der Waals surface area contributed by atoms with E-state index in [1.165, 1.54) is 11.3 Å². The van der Waals surface area contributed by atoms with Gasteiger partial charge in [-0.3, -0.25) is 0 Å². The normalized spacial score (nSPS) is 17.0. The summed E-state index contributed by atoms with van der Waals surface area (Å²) in [5, 5.41) is 11.3.